The number of hydrogen-bond donors (Lipinski definition) is 1. The summed E-state index contributed by atoms with van der Waals surface area (Å²) in [5.41, 5.74) is 2.10. The molecule has 0 unspecified atom stereocenters. The van der Waals surface area contributed by atoms with E-state index in [4.69, 9.17) is 0 Å². The van der Waals surface area contributed by atoms with Crippen LogP contribution in [0.1, 0.15) is 26.7 Å². The van der Waals surface area contributed by atoms with Gasteiger partial charge in [0.2, 0.25) is 0 Å². The van der Waals surface area contributed by atoms with E-state index in [-0.39, 0.29) is 6.03 Å². The van der Waals surface area contributed by atoms with Crippen LogP contribution in [0.4, 0.5) is 10.5 Å². The summed E-state index contributed by atoms with van der Waals surface area (Å²) < 4.78 is 2.27. The van der Waals surface area contributed by atoms with E-state index in [1.807, 2.05) is 11.0 Å². The van der Waals surface area contributed by atoms with E-state index in [1.54, 1.807) is 0 Å². The highest BCUT2D eigenvalue weighted by molar-refractivity contribution is 5.93. The average Bonchev–Trinajstić information content (AvgIpc) is 3.08. The zero-order valence-electron chi connectivity index (χ0n) is 12.8. The van der Waals surface area contributed by atoms with Crippen molar-refractivity contribution in [1.29, 1.82) is 0 Å². The van der Waals surface area contributed by atoms with Crippen LogP contribution < -0.4 is 5.32 Å². The van der Waals surface area contributed by atoms with Crippen molar-refractivity contribution < 1.29 is 4.79 Å². The molecule has 4 nitrogen and oxygen atoms in total. The zero-order valence-corrected chi connectivity index (χ0v) is 12.8. The maximum absolute atomic E-state index is 12.1. The summed E-state index contributed by atoms with van der Waals surface area (Å²) in [5, 5.41) is 4.18. The van der Waals surface area contributed by atoms with Crippen LogP contribution in [0, 0.1) is 5.92 Å². The third-order valence-electron chi connectivity index (χ3n) is 3.98. The Balaban J connectivity index is 1.76. The molecule has 0 spiro atoms. The topological polar surface area (TPSA) is 37.3 Å². The van der Waals surface area contributed by atoms with Crippen LogP contribution in [0.5, 0.6) is 0 Å². The molecule has 2 aromatic rings. The summed E-state index contributed by atoms with van der Waals surface area (Å²) in [6.45, 7) is 7.20. The number of hydrogen-bond acceptors (Lipinski definition) is 1. The lowest BCUT2D eigenvalue weighted by Gasteiger charge is -2.16. The number of fused-ring (bicyclic) bond motifs is 1. The summed E-state index contributed by atoms with van der Waals surface area (Å²) in [6.07, 6.45) is 4.35. The Kier molecular flexibility index (Phi) is 3.86. The van der Waals surface area contributed by atoms with Crippen LogP contribution in [-0.2, 0) is 6.54 Å². The fraction of sp³-hybridized carbons (Fsp3) is 0.471. The monoisotopic (exact) mass is 285 g/mol. The minimum absolute atomic E-state index is 0.0217. The van der Waals surface area contributed by atoms with Crippen LogP contribution in [0.2, 0.25) is 0 Å². The zero-order chi connectivity index (χ0) is 14.8. The summed E-state index contributed by atoms with van der Waals surface area (Å²) >= 11 is 0. The minimum Gasteiger partial charge on any atom is -0.347 e. The molecule has 1 aromatic carbocycles. The van der Waals surface area contributed by atoms with Crippen LogP contribution in [0.15, 0.2) is 30.5 Å². The van der Waals surface area contributed by atoms with Gasteiger partial charge < -0.3 is 14.8 Å². The van der Waals surface area contributed by atoms with Crippen molar-refractivity contribution in [2.45, 2.75) is 33.2 Å². The van der Waals surface area contributed by atoms with Gasteiger partial charge in [0.15, 0.2) is 0 Å². The molecule has 1 fully saturated rings. The number of urea groups is 1. The normalized spacial score (nSPS) is 15.1. The minimum atomic E-state index is 0.0217. The number of aromatic nitrogens is 1. The van der Waals surface area contributed by atoms with E-state index in [0.717, 1.165) is 38.2 Å². The molecule has 2 amide bonds. The molecule has 1 aliphatic rings. The average molecular weight is 285 g/mol. The molecule has 3 rings (SSSR count). The number of amides is 2. The lowest BCUT2D eigenvalue weighted by atomic mass is 10.2. The van der Waals surface area contributed by atoms with Gasteiger partial charge in [-0.25, -0.2) is 4.79 Å². The van der Waals surface area contributed by atoms with Gasteiger partial charge in [-0.3, -0.25) is 0 Å². The molecule has 0 bridgehead atoms. The van der Waals surface area contributed by atoms with E-state index in [1.165, 1.54) is 10.9 Å². The molecule has 4 heteroatoms. The standard InChI is InChI=1S/C17H23N3O/c1-13(2)12-20-10-7-14-11-15(5-6-16(14)20)18-17(21)19-8-3-4-9-19/h5-7,10-11,13H,3-4,8-9,12H2,1-2H3,(H,18,21). The van der Waals surface area contributed by atoms with E-state index in [0.29, 0.717) is 5.92 Å². The molecule has 1 N–H and O–H groups in total. The van der Waals surface area contributed by atoms with E-state index < -0.39 is 0 Å². The highest BCUT2D eigenvalue weighted by Gasteiger charge is 2.17. The van der Waals surface area contributed by atoms with Gasteiger partial charge in [-0.1, -0.05) is 13.8 Å². The molecule has 112 valence electrons. The van der Waals surface area contributed by atoms with Crippen molar-refractivity contribution >= 4 is 22.6 Å². The highest BCUT2D eigenvalue weighted by Crippen LogP contribution is 2.22. The van der Waals surface area contributed by atoms with Gasteiger partial charge in [0.25, 0.3) is 0 Å². The highest BCUT2D eigenvalue weighted by atomic mass is 16.2. The molecule has 0 atom stereocenters. The Morgan fingerprint density at radius 2 is 2.00 bits per heavy atom. The predicted molar refractivity (Wildman–Crippen MR) is 86.6 cm³/mol. The maximum Gasteiger partial charge on any atom is 0.321 e. The Hall–Kier alpha value is -1.97. The molecule has 0 saturated carbocycles. The number of anilines is 1. The third kappa shape index (κ3) is 3.04. The van der Waals surface area contributed by atoms with Crippen molar-refractivity contribution in [2.75, 3.05) is 18.4 Å². The van der Waals surface area contributed by atoms with Crippen molar-refractivity contribution in [1.82, 2.24) is 9.47 Å². The first-order valence-corrected chi connectivity index (χ1v) is 7.78. The number of carbonyl (C=O) groups excluding carboxylic acids is 1. The summed E-state index contributed by atoms with van der Waals surface area (Å²) in [5.74, 6) is 0.621. The Labute approximate surface area is 125 Å². The first-order chi connectivity index (χ1) is 10.1. The summed E-state index contributed by atoms with van der Waals surface area (Å²) in [6, 6.07) is 8.28. The molecule has 1 saturated heterocycles. The van der Waals surface area contributed by atoms with Crippen molar-refractivity contribution in [3.05, 3.63) is 30.5 Å². The molecule has 0 radical (unpaired) electrons. The quantitative estimate of drug-likeness (QED) is 0.911. The largest absolute Gasteiger partial charge is 0.347 e. The number of nitrogens with zero attached hydrogens (tertiary/aromatic N) is 2. The molecule has 21 heavy (non-hydrogen) atoms. The van der Waals surface area contributed by atoms with E-state index in [9.17, 15) is 4.79 Å². The number of nitrogens with one attached hydrogen (secondary N) is 1. The van der Waals surface area contributed by atoms with Gasteiger partial charge in [-0.2, -0.15) is 0 Å². The number of benzene rings is 1. The number of likely N-dealkylation sites (tertiary alicyclic amines) is 1. The van der Waals surface area contributed by atoms with Crippen molar-refractivity contribution in [3.8, 4) is 0 Å². The third-order valence-corrected chi connectivity index (χ3v) is 3.98. The summed E-state index contributed by atoms with van der Waals surface area (Å²) in [4.78, 5) is 14.0. The second-order valence-corrected chi connectivity index (χ2v) is 6.26. The Morgan fingerprint density at radius 1 is 1.24 bits per heavy atom. The number of carbonyl (C=O) groups is 1. The fourth-order valence-electron chi connectivity index (χ4n) is 2.95. The van der Waals surface area contributed by atoms with Crippen LogP contribution >= 0.6 is 0 Å². The summed E-state index contributed by atoms with van der Waals surface area (Å²) in [7, 11) is 0. The van der Waals surface area contributed by atoms with Gasteiger partial charge in [-0.15, -0.1) is 0 Å². The second-order valence-electron chi connectivity index (χ2n) is 6.26. The van der Waals surface area contributed by atoms with Crippen LogP contribution in [0.25, 0.3) is 10.9 Å². The molecule has 1 aliphatic heterocycles. The van der Waals surface area contributed by atoms with Gasteiger partial charge in [0.05, 0.1) is 0 Å². The van der Waals surface area contributed by atoms with Crippen LogP contribution in [-0.4, -0.2) is 28.6 Å². The molecule has 2 heterocycles. The lowest BCUT2D eigenvalue weighted by Crippen LogP contribution is -2.32. The molecule has 1 aromatic heterocycles. The van der Waals surface area contributed by atoms with Gasteiger partial charge in [0, 0.05) is 42.4 Å². The van der Waals surface area contributed by atoms with Crippen LogP contribution in [0.3, 0.4) is 0 Å². The van der Waals surface area contributed by atoms with E-state index >= 15 is 0 Å². The van der Waals surface area contributed by atoms with Gasteiger partial charge in [-0.05, 0) is 43.0 Å². The predicted octanol–water partition coefficient (Wildman–Crippen LogP) is 3.93. The Morgan fingerprint density at radius 3 is 2.71 bits per heavy atom. The van der Waals surface area contributed by atoms with Crippen molar-refractivity contribution in [3.63, 3.8) is 0 Å². The van der Waals surface area contributed by atoms with Gasteiger partial charge >= 0.3 is 6.03 Å². The fourth-order valence-corrected chi connectivity index (χ4v) is 2.95. The van der Waals surface area contributed by atoms with E-state index in [2.05, 4.69) is 48.1 Å². The van der Waals surface area contributed by atoms with Gasteiger partial charge in [0.1, 0.15) is 0 Å². The second kappa shape index (κ2) is 5.80. The first-order valence-electron chi connectivity index (χ1n) is 7.78. The molecular weight excluding hydrogens is 262 g/mol. The SMILES string of the molecule is CC(C)Cn1ccc2cc(NC(=O)N3CCCC3)ccc21. The first kappa shape index (κ1) is 14.0. The number of rotatable bonds is 3. The lowest BCUT2D eigenvalue weighted by molar-refractivity contribution is 0.222. The Bertz CT molecular complexity index is 639. The molecular formula is C17H23N3O. The molecule has 0 aliphatic carbocycles. The smallest absolute Gasteiger partial charge is 0.321 e. The van der Waals surface area contributed by atoms with Crippen molar-refractivity contribution in [2.24, 2.45) is 5.92 Å². The maximum atomic E-state index is 12.1.